The molecule has 1 saturated heterocycles. The molecule has 1 aliphatic carbocycles. The molecule has 2 fully saturated rings. The van der Waals surface area contributed by atoms with Crippen LogP contribution >= 0.6 is 0 Å². The maximum absolute atomic E-state index is 12.8. The van der Waals surface area contributed by atoms with Crippen LogP contribution in [0.5, 0.6) is 0 Å². The number of nitrogens with one attached hydrogen (secondary N) is 1. The molecule has 1 amide bonds. The van der Waals surface area contributed by atoms with Crippen LogP contribution in [-0.2, 0) is 26.1 Å². The fourth-order valence-electron chi connectivity index (χ4n) is 5.01. The SMILES string of the molecule is Cn1ccc(-c2cn(C3CCC(C(=O)NCC4CCC(OC=O)CC4)O3)c3ncnc(N)c23)n1. The minimum atomic E-state index is -0.519. The number of hydrogen-bond donors (Lipinski definition) is 2. The topological polar surface area (TPSA) is 139 Å². The number of anilines is 1. The van der Waals surface area contributed by atoms with Gasteiger partial charge in [0.15, 0.2) is 0 Å². The maximum atomic E-state index is 12.8. The molecule has 3 aromatic heterocycles. The third kappa shape index (κ3) is 4.35. The summed E-state index contributed by atoms with van der Waals surface area (Å²) in [6.45, 7) is 1.13. The Kier molecular flexibility index (Phi) is 6.18. The standard InChI is InChI=1S/C23H29N7O4/c1-29-9-8-17(28-29)16-11-30(22-20(16)21(24)26-12-27-22)19-7-6-18(34-19)23(32)25-10-14-2-4-15(5-3-14)33-13-31/h8-9,11-15,18-19H,2-7,10H2,1H3,(H,25,32)(H2,24,26,27). The van der Waals surface area contributed by atoms with Gasteiger partial charge in [0.25, 0.3) is 6.47 Å². The number of hydrogen-bond acceptors (Lipinski definition) is 8. The van der Waals surface area contributed by atoms with Gasteiger partial charge in [0, 0.05) is 31.5 Å². The molecule has 0 radical (unpaired) electrons. The van der Waals surface area contributed by atoms with Crippen LogP contribution in [0.3, 0.4) is 0 Å². The van der Waals surface area contributed by atoms with Gasteiger partial charge >= 0.3 is 0 Å². The summed E-state index contributed by atoms with van der Waals surface area (Å²) in [4.78, 5) is 31.9. The zero-order valence-corrected chi connectivity index (χ0v) is 19.1. The highest BCUT2D eigenvalue weighted by molar-refractivity contribution is 5.99. The first-order valence-corrected chi connectivity index (χ1v) is 11.7. The van der Waals surface area contributed by atoms with Gasteiger partial charge in [-0.05, 0) is 50.5 Å². The normalized spacial score (nSPS) is 24.9. The third-order valence-electron chi connectivity index (χ3n) is 6.83. The van der Waals surface area contributed by atoms with E-state index in [4.69, 9.17) is 15.2 Å². The predicted molar refractivity (Wildman–Crippen MR) is 123 cm³/mol. The summed E-state index contributed by atoms with van der Waals surface area (Å²) in [5.74, 6) is 0.677. The summed E-state index contributed by atoms with van der Waals surface area (Å²) in [6, 6.07) is 1.91. The van der Waals surface area contributed by atoms with Crippen LogP contribution < -0.4 is 11.1 Å². The Bertz CT molecular complexity index is 1180. The monoisotopic (exact) mass is 467 g/mol. The first-order valence-electron chi connectivity index (χ1n) is 11.7. The summed E-state index contributed by atoms with van der Waals surface area (Å²) in [5.41, 5.74) is 8.46. The molecule has 3 N–H and O–H groups in total. The van der Waals surface area contributed by atoms with E-state index in [-0.39, 0.29) is 18.2 Å². The lowest BCUT2D eigenvalue weighted by molar-refractivity contribution is -0.135. The van der Waals surface area contributed by atoms with Gasteiger partial charge in [0.05, 0.1) is 11.1 Å². The van der Waals surface area contributed by atoms with Gasteiger partial charge in [-0.1, -0.05) is 0 Å². The summed E-state index contributed by atoms with van der Waals surface area (Å²) < 4.78 is 14.9. The van der Waals surface area contributed by atoms with Gasteiger partial charge < -0.3 is 25.1 Å². The number of fused-ring (bicyclic) bond motifs is 1. The summed E-state index contributed by atoms with van der Waals surface area (Å²) in [7, 11) is 1.86. The van der Waals surface area contributed by atoms with E-state index in [1.54, 1.807) is 4.68 Å². The van der Waals surface area contributed by atoms with Crippen molar-refractivity contribution in [1.29, 1.82) is 0 Å². The summed E-state index contributed by atoms with van der Waals surface area (Å²) in [5, 5.41) is 8.28. The Morgan fingerprint density at radius 3 is 2.82 bits per heavy atom. The summed E-state index contributed by atoms with van der Waals surface area (Å²) in [6.07, 6.45) is 9.23. The van der Waals surface area contributed by atoms with E-state index < -0.39 is 6.10 Å². The van der Waals surface area contributed by atoms with Crippen molar-refractivity contribution in [2.75, 3.05) is 12.3 Å². The van der Waals surface area contributed by atoms with Crippen LogP contribution in [0, 0.1) is 5.92 Å². The summed E-state index contributed by atoms with van der Waals surface area (Å²) >= 11 is 0. The second kappa shape index (κ2) is 9.41. The molecule has 0 bridgehead atoms. The number of carbonyl (C=O) groups excluding carboxylic acids is 2. The number of nitrogens with zero attached hydrogens (tertiary/aromatic N) is 5. The molecule has 2 aliphatic rings. The molecule has 2 atom stereocenters. The number of carbonyl (C=O) groups is 2. The number of aryl methyl sites for hydroxylation is 1. The lowest BCUT2D eigenvalue weighted by atomic mass is 9.87. The highest BCUT2D eigenvalue weighted by Crippen LogP contribution is 2.37. The molecule has 5 rings (SSSR count). The molecule has 1 saturated carbocycles. The highest BCUT2D eigenvalue weighted by atomic mass is 16.5. The first-order chi connectivity index (χ1) is 16.5. The number of ether oxygens (including phenoxy) is 2. The van der Waals surface area contributed by atoms with Crippen molar-refractivity contribution in [1.82, 2.24) is 29.6 Å². The minimum absolute atomic E-state index is 0.00796. The predicted octanol–water partition coefficient (Wildman–Crippen LogP) is 1.94. The largest absolute Gasteiger partial charge is 0.465 e. The average Bonchev–Trinajstić information content (AvgIpc) is 3.57. The van der Waals surface area contributed by atoms with Crippen LogP contribution in [0.25, 0.3) is 22.3 Å². The molecule has 2 unspecified atom stereocenters. The molecule has 34 heavy (non-hydrogen) atoms. The highest BCUT2D eigenvalue weighted by Gasteiger charge is 2.34. The van der Waals surface area contributed by atoms with E-state index in [0.29, 0.717) is 43.2 Å². The van der Waals surface area contributed by atoms with Crippen molar-refractivity contribution >= 4 is 29.2 Å². The Hall–Kier alpha value is -3.47. The van der Waals surface area contributed by atoms with Crippen molar-refractivity contribution in [3.05, 3.63) is 24.8 Å². The van der Waals surface area contributed by atoms with E-state index in [1.807, 2.05) is 30.1 Å². The van der Waals surface area contributed by atoms with Gasteiger partial charge in [-0.3, -0.25) is 14.3 Å². The van der Waals surface area contributed by atoms with Gasteiger partial charge in [0.2, 0.25) is 5.91 Å². The number of rotatable bonds is 7. The number of aromatic nitrogens is 5. The second-order valence-electron chi connectivity index (χ2n) is 9.06. The molecule has 1 aliphatic heterocycles. The Morgan fingerprint density at radius 1 is 1.26 bits per heavy atom. The lowest BCUT2D eigenvalue weighted by Gasteiger charge is -2.27. The van der Waals surface area contributed by atoms with E-state index in [2.05, 4.69) is 20.4 Å². The zero-order chi connectivity index (χ0) is 23.7. The third-order valence-corrected chi connectivity index (χ3v) is 6.83. The van der Waals surface area contributed by atoms with Crippen LogP contribution in [0.2, 0.25) is 0 Å². The Morgan fingerprint density at radius 2 is 2.09 bits per heavy atom. The maximum Gasteiger partial charge on any atom is 0.293 e. The van der Waals surface area contributed by atoms with E-state index >= 15 is 0 Å². The van der Waals surface area contributed by atoms with Crippen molar-refractivity contribution in [2.24, 2.45) is 13.0 Å². The fraction of sp³-hybridized carbons (Fsp3) is 0.522. The number of nitrogens with two attached hydrogens (primary N) is 1. The average molecular weight is 468 g/mol. The van der Waals surface area contributed by atoms with Crippen molar-refractivity contribution < 1.29 is 19.1 Å². The van der Waals surface area contributed by atoms with Crippen LogP contribution in [-0.4, -0.2) is 55.4 Å². The molecular weight excluding hydrogens is 438 g/mol. The molecule has 180 valence electrons. The van der Waals surface area contributed by atoms with Crippen LogP contribution in [0.15, 0.2) is 24.8 Å². The van der Waals surface area contributed by atoms with Crippen molar-refractivity contribution in [3.63, 3.8) is 0 Å². The smallest absolute Gasteiger partial charge is 0.293 e. The Balaban J connectivity index is 1.25. The van der Waals surface area contributed by atoms with E-state index in [1.165, 1.54) is 6.33 Å². The molecule has 0 spiro atoms. The number of amides is 1. The van der Waals surface area contributed by atoms with Gasteiger partial charge in [-0.2, -0.15) is 5.10 Å². The quantitative estimate of drug-likeness (QED) is 0.503. The number of nitrogen functional groups attached to an aromatic ring is 1. The molecule has 11 nitrogen and oxygen atoms in total. The Labute approximate surface area is 196 Å². The fourth-order valence-corrected chi connectivity index (χ4v) is 5.01. The van der Waals surface area contributed by atoms with Crippen molar-refractivity contribution in [3.8, 4) is 11.3 Å². The van der Waals surface area contributed by atoms with E-state index in [0.717, 1.165) is 42.3 Å². The molecular formula is C23H29N7O4. The van der Waals surface area contributed by atoms with Gasteiger partial charge in [-0.25, -0.2) is 9.97 Å². The first kappa shape index (κ1) is 22.3. The van der Waals surface area contributed by atoms with Crippen molar-refractivity contribution in [2.45, 2.75) is 57.0 Å². The van der Waals surface area contributed by atoms with E-state index in [9.17, 15) is 9.59 Å². The van der Waals surface area contributed by atoms with Gasteiger partial charge in [0.1, 0.15) is 36.2 Å². The molecule has 0 aromatic carbocycles. The van der Waals surface area contributed by atoms with Crippen LogP contribution in [0.1, 0.15) is 44.8 Å². The molecule has 4 heterocycles. The second-order valence-corrected chi connectivity index (χ2v) is 9.06. The molecule has 3 aromatic rings. The lowest BCUT2D eigenvalue weighted by Crippen LogP contribution is -2.38. The van der Waals surface area contributed by atoms with Crippen LogP contribution in [0.4, 0.5) is 5.82 Å². The van der Waals surface area contributed by atoms with Gasteiger partial charge in [-0.15, -0.1) is 0 Å². The molecule has 11 heteroatoms. The minimum Gasteiger partial charge on any atom is -0.465 e. The zero-order valence-electron chi connectivity index (χ0n) is 19.1.